The number of nitrogens with one attached hydrogen (secondary N) is 2. The molecule has 0 radical (unpaired) electrons. The van der Waals surface area contributed by atoms with Crippen LogP contribution < -0.4 is 15.5 Å². The number of para-hydroxylation sites is 1. The van der Waals surface area contributed by atoms with Gasteiger partial charge in [-0.3, -0.25) is 4.99 Å². The van der Waals surface area contributed by atoms with Crippen LogP contribution in [0.4, 0.5) is 5.69 Å². The summed E-state index contributed by atoms with van der Waals surface area (Å²) in [6, 6.07) is 10.4. The Morgan fingerprint density at radius 3 is 2.60 bits per heavy atom. The maximum absolute atomic E-state index is 4.66. The monoisotopic (exact) mass is 359 g/mol. The van der Waals surface area contributed by atoms with E-state index in [-0.39, 0.29) is 0 Å². The molecule has 0 aliphatic carbocycles. The Labute approximate surface area is 155 Å². The van der Waals surface area contributed by atoms with Crippen molar-refractivity contribution in [2.75, 3.05) is 38.1 Å². The summed E-state index contributed by atoms with van der Waals surface area (Å²) in [5.74, 6) is 0.869. The van der Waals surface area contributed by atoms with Gasteiger partial charge in [0.2, 0.25) is 0 Å². The van der Waals surface area contributed by atoms with Crippen LogP contribution in [0.3, 0.4) is 0 Å². The first-order chi connectivity index (χ1) is 12.1. The van der Waals surface area contributed by atoms with E-state index in [1.807, 2.05) is 6.07 Å². The fraction of sp³-hybridized carbons (Fsp3) is 0.474. The maximum atomic E-state index is 4.66. The molecule has 0 aliphatic rings. The van der Waals surface area contributed by atoms with Crippen LogP contribution in [0.5, 0.6) is 0 Å². The molecule has 2 N–H and O–H groups in total. The first kappa shape index (κ1) is 19.2. The lowest BCUT2D eigenvalue weighted by Gasteiger charge is -2.20. The molecule has 0 unspecified atom stereocenters. The molecule has 25 heavy (non-hydrogen) atoms. The summed E-state index contributed by atoms with van der Waals surface area (Å²) in [5, 5.41) is 7.87. The van der Waals surface area contributed by atoms with Crippen molar-refractivity contribution in [3.63, 3.8) is 0 Å². The highest BCUT2D eigenvalue weighted by molar-refractivity contribution is 7.11. The summed E-state index contributed by atoms with van der Waals surface area (Å²) < 4.78 is 0. The molecule has 0 bridgehead atoms. The number of thiazole rings is 1. The van der Waals surface area contributed by atoms with Crippen molar-refractivity contribution >= 4 is 23.0 Å². The lowest BCUT2D eigenvalue weighted by Crippen LogP contribution is -2.41. The largest absolute Gasteiger partial charge is 0.373 e. The van der Waals surface area contributed by atoms with Crippen molar-refractivity contribution < 1.29 is 0 Å². The van der Waals surface area contributed by atoms with Gasteiger partial charge in [0.1, 0.15) is 0 Å². The number of aryl methyl sites for hydroxylation is 2. The lowest BCUT2D eigenvalue weighted by molar-refractivity contribution is 0.778. The molecule has 1 aromatic carbocycles. The van der Waals surface area contributed by atoms with Crippen LogP contribution in [-0.4, -0.2) is 44.2 Å². The van der Waals surface area contributed by atoms with Crippen molar-refractivity contribution in [2.24, 2.45) is 4.99 Å². The zero-order valence-electron chi connectivity index (χ0n) is 15.7. The van der Waals surface area contributed by atoms with E-state index in [0.29, 0.717) is 0 Å². The van der Waals surface area contributed by atoms with Crippen molar-refractivity contribution in [3.05, 3.63) is 45.9 Å². The smallest absolute Gasteiger partial charge is 0.191 e. The van der Waals surface area contributed by atoms with E-state index in [1.54, 1.807) is 11.3 Å². The molecular weight excluding hydrogens is 330 g/mol. The molecule has 0 saturated carbocycles. The highest BCUT2D eigenvalue weighted by Crippen LogP contribution is 2.16. The molecule has 0 fully saturated rings. The standard InChI is InChI=1S/C19H29N5S/c1-5-20-19(21-12-11-18-23-15(2)16(3)25-18)22-13-14-24(4)17-9-7-6-8-10-17/h6-10H,5,11-14H2,1-4H3,(H2,20,21,22). The van der Waals surface area contributed by atoms with Gasteiger partial charge in [-0.05, 0) is 32.9 Å². The molecule has 0 aliphatic heterocycles. The third kappa shape index (κ3) is 6.38. The van der Waals surface area contributed by atoms with Gasteiger partial charge in [-0.25, -0.2) is 4.98 Å². The van der Waals surface area contributed by atoms with E-state index in [1.165, 1.54) is 15.6 Å². The lowest BCUT2D eigenvalue weighted by atomic mass is 10.3. The molecule has 5 nitrogen and oxygen atoms in total. The van der Waals surface area contributed by atoms with Gasteiger partial charge >= 0.3 is 0 Å². The van der Waals surface area contributed by atoms with Crippen LogP contribution in [0, 0.1) is 13.8 Å². The molecular formula is C19H29N5S. The Kier molecular flexibility index (Phi) is 7.73. The topological polar surface area (TPSA) is 52.6 Å². The van der Waals surface area contributed by atoms with Gasteiger partial charge in [0, 0.05) is 50.2 Å². The van der Waals surface area contributed by atoms with Gasteiger partial charge in [0.15, 0.2) is 5.96 Å². The van der Waals surface area contributed by atoms with Crippen LogP contribution in [-0.2, 0) is 6.42 Å². The highest BCUT2D eigenvalue weighted by atomic mass is 32.1. The van der Waals surface area contributed by atoms with Gasteiger partial charge in [-0.1, -0.05) is 18.2 Å². The predicted octanol–water partition coefficient (Wildman–Crippen LogP) is 2.99. The van der Waals surface area contributed by atoms with Gasteiger partial charge < -0.3 is 15.5 Å². The minimum atomic E-state index is 0.746. The molecule has 0 amide bonds. The minimum Gasteiger partial charge on any atom is -0.373 e. The molecule has 1 heterocycles. The first-order valence-electron chi connectivity index (χ1n) is 8.81. The van der Waals surface area contributed by atoms with E-state index in [2.05, 4.69) is 77.6 Å². The van der Waals surface area contributed by atoms with Crippen molar-refractivity contribution in [2.45, 2.75) is 27.2 Å². The number of guanidine groups is 1. The van der Waals surface area contributed by atoms with Gasteiger partial charge in [0.25, 0.3) is 0 Å². The number of likely N-dealkylation sites (N-methyl/N-ethyl adjacent to an activating group) is 1. The number of aliphatic imine (C=N–C) groups is 1. The number of anilines is 1. The molecule has 2 aromatic rings. The number of hydrogen-bond donors (Lipinski definition) is 2. The zero-order valence-corrected chi connectivity index (χ0v) is 16.5. The average Bonchev–Trinajstić information content (AvgIpc) is 2.93. The molecule has 1 aromatic heterocycles. The number of benzene rings is 1. The quantitative estimate of drug-likeness (QED) is 0.562. The SMILES string of the molecule is CCNC(=NCCc1nc(C)c(C)s1)NCCN(C)c1ccccc1. The third-order valence-corrected chi connectivity index (χ3v) is 5.08. The minimum absolute atomic E-state index is 0.746. The molecule has 6 heteroatoms. The second-order valence-electron chi connectivity index (χ2n) is 5.94. The number of rotatable bonds is 8. The van der Waals surface area contributed by atoms with Gasteiger partial charge in [-0.2, -0.15) is 0 Å². The normalized spacial score (nSPS) is 11.4. The van der Waals surface area contributed by atoms with E-state index in [4.69, 9.17) is 0 Å². The molecule has 136 valence electrons. The molecule has 0 atom stereocenters. The first-order valence-corrected chi connectivity index (χ1v) is 9.63. The number of hydrogen-bond acceptors (Lipinski definition) is 4. The third-order valence-electron chi connectivity index (χ3n) is 3.95. The Bertz CT molecular complexity index is 646. The summed E-state index contributed by atoms with van der Waals surface area (Å²) in [4.78, 5) is 12.8. The van der Waals surface area contributed by atoms with Crippen LogP contribution in [0.1, 0.15) is 22.5 Å². The van der Waals surface area contributed by atoms with E-state index in [9.17, 15) is 0 Å². The van der Waals surface area contributed by atoms with E-state index >= 15 is 0 Å². The van der Waals surface area contributed by atoms with E-state index < -0.39 is 0 Å². The maximum Gasteiger partial charge on any atom is 0.191 e. The summed E-state index contributed by atoms with van der Waals surface area (Å²) in [6.45, 7) is 9.63. The highest BCUT2D eigenvalue weighted by Gasteiger charge is 2.04. The zero-order chi connectivity index (χ0) is 18.1. The fourth-order valence-electron chi connectivity index (χ4n) is 2.40. The van der Waals surface area contributed by atoms with Crippen molar-refractivity contribution in [3.8, 4) is 0 Å². The summed E-state index contributed by atoms with van der Waals surface area (Å²) in [5.41, 5.74) is 2.36. The van der Waals surface area contributed by atoms with Gasteiger partial charge in [0.05, 0.1) is 10.7 Å². The Morgan fingerprint density at radius 1 is 1.20 bits per heavy atom. The van der Waals surface area contributed by atoms with Crippen molar-refractivity contribution in [1.29, 1.82) is 0 Å². The number of aromatic nitrogens is 1. The summed E-state index contributed by atoms with van der Waals surface area (Å²) in [7, 11) is 2.11. The summed E-state index contributed by atoms with van der Waals surface area (Å²) >= 11 is 1.77. The fourth-order valence-corrected chi connectivity index (χ4v) is 3.33. The Balaban J connectivity index is 1.79. The molecule has 0 spiro atoms. The Morgan fingerprint density at radius 2 is 1.96 bits per heavy atom. The summed E-state index contributed by atoms with van der Waals surface area (Å²) in [6.07, 6.45) is 0.889. The van der Waals surface area contributed by atoms with Crippen LogP contribution in [0.25, 0.3) is 0 Å². The second kappa shape index (κ2) is 10.0. The van der Waals surface area contributed by atoms with E-state index in [0.717, 1.165) is 44.3 Å². The predicted molar refractivity (Wildman–Crippen MR) is 109 cm³/mol. The number of nitrogens with zero attached hydrogens (tertiary/aromatic N) is 3. The van der Waals surface area contributed by atoms with Crippen LogP contribution >= 0.6 is 11.3 Å². The second-order valence-corrected chi connectivity index (χ2v) is 7.23. The van der Waals surface area contributed by atoms with Gasteiger partial charge in [-0.15, -0.1) is 11.3 Å². The molecule has 2 rings (SSSR count). The van der Waals surface area contributed by atoms with Crippen molar-refractivity contribution in [1.82, 2.24) is 15.6 Å². The average molecular weight is 360 g/mol. The van der Waals surface area contributed by atoms with Crippen LogP contribution in [0.2, 0.25) is 0 Å². The van der Waals surface area contributed by atoms with Crippen LogP contribution in [0.15, 0.2) is 35.3 Å². The molecule has 0 saturated heterocycles. The Hall–Kier alpha value is -2.08.